The summed E-state index contributed by atoms with van der Waals surface area (Å²) in [6, 6.07) is 4.48. The van der Waals surface area contributed by atoms with Gasteiger partial charge in [0.25, 0.3) is 0 Å². The van der Waals surface area contributed by atoms with Gasteiger partial charge in [0.2, 0.25) is 5.91 Å². The molecule has 0 fully saturated rings. The lowest BCUT2D eigenvalue weighted by Gasteiger charge is -2.11. The summed E-state index contributed by atoms with van der Waals surface area (Å²) in [6.07, 6.45) is 0.889. The number of halogens is 2. The van der Waals surface area contributed by atoms with E-state index >= 15 is 0 Å². The second kappa shape index (κ2) is 5.82. The molecule has 0 atom stereocenters. The average Bonchev–Trinajstić information content (AvgIpc) is 2.19. The minimum absolute atomic E-state index is 0.0783. The molecule has 1 aromatic carbocycles. The molecule has 0 spiro atoms. The van der Waals surface area contributed by atoms with Crippen molar-refractivity contribution in [1.29, 1.82) is 0 Å². The van der Waals surface area contributed by atoms with E-state index in [0.29, 0.717) is 12.8 Å². The van der Waals surface area contributed by atoms with Crippen LogP contribution in [-0.2, 0) is 11.2 Å². The largest absolute Gasteiger partial charge is 0.289 e. The molecule has 0 bridgehead atoms. The predicted molar refractivity (Wildman–Crippen MR) is 61.6 cm³/mol. The van der Waals surface area contributed by atoms with Gasteiger partial charge in [0, 0.05) is 20.5 Å². The molecule has 0 heterocycles. The first-order chi connectivity index (χ1) is 7.49. The van der Waals surface area contributed by atoms with Gasteiger partial charge < -0.3 is 0 Å². The summed E-state index contributed by atoms with van der Waals surface area (Å²) < 4.78 is 12.9. The molecule has 0 aliphatic rings. The normalized spacial score (nSPS) is 10.6. The highest BCUT2D eigenvalue weighted by atomic mass is 35.5. The van der Waals surface area contributed by atoms with E-state index in [1.807, 2.05) is 0 Å². The number of benzene rings is 1. The van der Waals surface area contributed by atoms with Crippen LogP contribution in [0.15, 0.2) is 18.2 Å². The number of amides is 1. The Morgan fingerprint density at radius 3 is 2.75 bits per heavy atom. The van der Waals surface area contributed by atoms with Crippen LogP contribution in [0.1, 0.15) is 12.0 Å². The van der Waals surface area contributed by atoms with Crippen LogP contribution in [0.4, 0.5) is 4.39 Å². The Bertz CT molecular complexity index is 382. The maximum Gasteiger partial charge on any atom is 0.234 e. The summed E-state index contributed by atoms with van der Waals surface area (Å²) in [5.41, 5.74) is 3.47. The fourth-order valence-electron chi connectivity index (χ4n) is 1.26. The Labute approximate surface area is 99.2 Å². The van der Waals surface area contributed by atoms with E-state index in [1.54, 1.807) is 31.2 Å². The molecule has 16 heavy (non-hydrogen) atoms. The third-order valence-electron chi connectivity index (χ3n) is 1.97. The standard InChI is InChI=1S/C11H14ClFN2O/c1-15(2)14-11(16)6-4-8-3-5-10(13)9(12)7-8/h3,5,7H,4,6H2,1-2H3,(H,14,16). The van der Waals surface area contributed by atoms with Gasteiger partial charge in [0.15, 0.2) is 0 Å². The molecular formula is C11H14ClFN2O. The zero-order valence-electron chi connectivity index (χ0n) is 9.26. The first-order valence-corrected chi connectivity index (χ1v) is 5.27. The van der Waals surface area contributed by atoms with Crippen LogP contribution < -0.4 is 5.43 Å². The van der Waals surface area contributed by atoms with Gasteiger partial charge in [-0.05, 0) is 24.1 Å². The predicted octanol–water partition coefficient (Wildman–Crippen LogP) is 2.00. The molecule has 0 saturated carbocycles. The molecule has 1 aromatic rings. The zero-order chi connectivity index (χ0) is 12.1. The summed E-state index contributed by atoms with van der Waals surface area (Å²) in [5, 5.41) is 1.67. The van der Waals surface area contributed by atoms with Crippen LogP contribution in [0, 0.1) is 5.82 Å². The van der Waals surface area contributed by atoms with E-state index in [-0.39, 0.29) is 10.9 Å². The van der Waals surface area contributed by atoms with Crippen molar-refractivity contribution in [2.75, 3.05) is 14.1 Å². The molecule has 0 aromatic heterocycles. The van der Waals surface area contributed by atoms with Gasteiger partial charge in [-0.2, -0.15) is 0 Å². The fraction of sp³-hybridized carbons (Fsp3) is 0.364. The number of nitrogens with zero attached hydrogens (tertiary/aromatic N) is 1. The third kappa shape index (κ3) is 4.16. The van der Waals surface area contributed by atoms with Crippen LogP contribution >= 0.6 is 11.6 Å². The van der Waals surface area contributed by atoms with E-state index in [4.69, 9.17) is 11.6 Å². The van der Waals surface area contributed by atoms with Gasteiger partial charge in [-0.25, -0.2) is 9.40 Å². The Morgan fingerprint density at radius 2 is 2.19 bits per heavy atom. The van der Waals surface area contributed by atoms with Crippen molar-refractivity contribution in [2.24, 2.45) is 0 Å². The van der Waals surface area contributed by atoms with E-state index in [1.165, 1.54) is 6.07 Å². The third-order valence-corrected chi connectivity index (χ3v) is 2.26. The Hall–Kier alpha value is -1.13. The summed E-state index contributed by atoms with van der Waals surface area (Å²) in [4.78, 5) is 11.3. The van der Waals surface area contributed by atoms with Crippen molar-refractivity contribution in [2.45, 2.75) is 12.8 Å². The van der Waals surface area contributed by atoms with Crippen LogP contribution in [0.25, 0.3) is 0 Å². The summed E-state index contributed by atoms with van der Waals surface area (Å²) >= 11 is 5.63. The van der Waals surface area contributed by atoms with Crippen molar-refractivity contribution in [3.63, 3.8) is 0 Å². The number of aryl methyl sites for hydroxylation is 1. The van der Waals surface area contributed by atoms with Crippen molar-refractivity contribution in [3.8, 4) is 0 Å². The van der Waals surface area contributed by atoms with Gasteiger partial charge in [-0.15, -0.1) is 0 Å². The highest BCUT2D eigenvalue weighted by molar-refractivity contribution is 6.30. The van der Waals surface area contributed by atoms with Crippen LogP contribution in [0.2, 0.25) is 5.02 Å². The van der Waals surface area contributed by atoms with Crippen LogP contribution in [-0.4, -0.2) is 25.0 Å². The molecule has 1 rings (SSSR count). The molecule has 0 saturated heterocycles. The smallest absolute Gasteiger partial charge is 0.234 e. The maximum absolute atomic E-state index is 12.9. The number of hydrazine groups is 1. The Balaban J connectivity index is 2.48. The monoisotopic (exact) mass is 244 g/mol. The molecule has 0 unspecified atom stereocenters. The first kappa shape index (κ1) is 12.9. The second-order valence-corrected chi connectivity index (χ2v) is 4.09. The number of nitrogens with one attached hydrogen (secondary N) is 1. The summed E-state index contributed by atoms with van der Waals surface area (Å²) in [7, 11) is 3.49. The molecular weight excluding hydrogens is 231 g/mol. The van der Waals surface area contributed by atoms with Crippen molar-refractivity contribution >= 4 is 17.5 Å². The zero-order valence-corrected chi connectivity index (χ0v) is 10.0. The molecule has 0 aliphatic carbocycles. The SMILES string of the molecule is CN(C)NC(=O)CCc1ccc(F)c(Cl)c1. The van der Waals surface area contributed by atoms with Crippen LogP contribution in [0.3, 0.4) is 0 Å². The number of hydrogen-bond donors (Lipinski definition) is 1. The number of carbonyl (C=O) groups is 1. The number of rotatable bonds is 4. The minimum Gasteiger partial charge on any atom is -0.289 e. The molecule has 0 aliphatic heterocycles. The van der Waals surface area contributed by atoms with Crippen molar-refractivity contribution in [3.05, 3.63) is 34.6 Å². The number of hydrogen-bond acceptors (Lipinski definition) is 2. The van der Waals surface area contributed by atoms with Gasteiger partial charge in [-0.3, -0.25) is 10.2 Å². The molecule has 0 radical (unpaired) electrons. The Morgan fingerprint density at radius 1 is 1.50 bits per heavy atom. The van der Waals surface area contributed by atoms with E-state index < -0.39 is 5.82 Å². The molecule has 5 heteroatoms. The van der Waals surface area contributed by atoms with Gasteiger partial charge in [0.05, 0.1) is 5.02 Å². The average molecular weight is 245 g/mol. The number of carbonyl (C=O) groups excluding carboxylic acids is 1. The first-order valence-electron chi connectivity index (χ1n) is 4.90. The maximum atomic E-state index is 12.9. The van der Waals surface area contributed by atoms with Crippen molar-refractivity contribution < 1.29 is 9.18 Å². The van der Waals surface area contributed by atoms with Gasteiger partial charge in [-0.1, -0.05) is 17.7 Å². The van der Waals surface area contributed by atoms with Crippen molar-refractivity contribution in [1.82, 2.24) is 10.4 Å². The minimum atomic E-state index is -0.442. The second-order valence-electron chi connectivity index (χ2n) is 3.68. The fourth-order valence-corrected chi connectivity index (χ4v) is 1.46. The molecule has 1 amide bonds. The lowest BCUT2D eigenvalue weighted by Crippen LogP contribution is -2.36. The topological polar surface area (TPSA) is 32.3 Å². The van der Waals surface area contributed by atoms with E-state index in [0.717, 1.165) is 5.56 Å². The molecule has 1 N–H and O–H groups in total. The van der Waals surface area contributed by atoms with E-state index in [2.05, 4.69) is 5.43 Å². The lowest BCUT2D eigenvalue weighted by atomic mass is 10.1. The van der Waals surface area contributed by atoms with E-state index in [9.17, 15) is 9.18 Å². The van der Waals surface area contributed by atoms with Gasteiger partial charge in [0.1, 0.15) is 5.82 Å². The lowest BCUT2D eigenvalue weighted by molar-refractivity contribution is -0.124. The van der Waals surface area contributed by atoms with Crippen LogP contribution in [0.5, 0.6) is 0 Å². The van der Waals surface area contributed by atoms with Gasteiger partial charge >= 0.3 is 0 Å². The summed E-state index contributed by atoms with van der Waals surface area (Å²) in [5.74, 6) is -0.520. The highest BCUT2D eigenvalue weighted by Gasteiger charge is 2.05. The molecule has 88 valence electrons. The quantitative estimate of drug-likeness (QED) is 0.822. The summed E-state index contributed by atoms with van der Waals surface area (Å²) in [6.45, 7) is 0. The Kier molecular flexibility index (Phi) is 4.71. The molecule has 3 nitrogen and oxygen atoms in total. The highest BCUT2D eigenvalue weighted by Crippen LogP contribution is 2.16.